The van der Waals surface area contributed by atoms with Crippen molar-refractivity contribution in [2.75, 3.05) is 6.61 Å². The predicted molar refractivity (Wildman–Crippen MR) is 65.0 cm³/mol. The number of ether oxygens (including phenoxy) is 2. The Bertz CT molecular complexity index is 538. The van der Waals surface area contributed by atoms with Gasteiger partial charge in [-0.1, -0.05) is 24.3 Å². The van der Waals surface area contributed by atoms with E-state index in [4.69, 9.17) is 9.47 Å². The Morgan fingerprint density at radius 2 is 2.11 bits per heavy atom. The molecule has 1 saturated carbocycles. The predicted octanol–water partition coefficient (Wildman–Crippen LogP) is 2.42. The molecule has 0 N–H and O–H groups in total. The van der Waals surface area contributed by atoms with E-state index in [0.29, 0.717) is 18.4 Å². The molecule has 2 aliphatic heterocycles. The van der Waals surface area contributed by atoms with Crippen molar-refractivity contribution in [2.24, 2.45) is 11.8 Å². The third-order valence-electron chi connectivity index (χ3n) is 4.82. The van der Waals surface area contributed by atoms with Crippen molar-refractivity contribution < 1.29 is 14.3 Å². The van der Waals surface area contributed by atoms with E-state index in [0.717, 1.165) is 0 Å². The fourth-order valence-electron chi connectivity index (χ4n) is 4.09. The molecule has 2 fully saturated rings. The summed E-state index contributed by atoms with van der Waals surface area (Å²) >= 11 is 0. The SMILES string of the molecule is CCOC(=O)[C@H]1[C@H]2[C@H]3c4ccccc4[C@@H]1O[C@@]23C. The first-order valence-corrected chi connectivity index (χ1v) is 6.61. The summed E-state index contributed by atoms with van der Waals surface area (Å²) in [6, 6.07) is 8.35. The van der Waals surface area contributed by atoms with Crippen LogP contribution in [0.1, 0.15) is 37.0 Å². The Balaban J connectivity index is 1.79. The molecule has 3 heteroatoms. The molecule has 5 rings (SSSR count). The molecule has 0 spiro atoms. The summed E-state index contributed by atoms with van der Waals surface area (Å²) < 4.78 is 11.3. The minimum absolute atomic E-state index is 0.0896. The normalized spacial score (nSPS) is 42.3. The second kappa shape index (κ2) is 3.15. The molecule has 5 atom stereocenters. The first-order valence-electron chi connectivity index (χ1n) is 6.61. The fourth-order valence-corrected chi connectivity index (χ4v) is 4.09. The van der Waals surface area contributed by atoms with Crippen LogP contribution < -0.4 is 0 Å². The Morgan fingerprint density at radius 3 is 2.83 bits per heavy atom. The van der Waals surface area contributed by atoms with Crippen molar-refractivity contribution in [1.82, 2.24) is 0 Å². The van der Waals surface area contributed by atoms with Gasteiger partial charge in [-0.05, 0) is 25.0 Å². The average Bonchev–Trinajstić information content (AvgIpc) is 2.87. The highest BCUT2D eigenvalue weighted by Gasteiger charge is 2.78. The van der Waals surface area contributed by atoms with Crippen LogP contribution in [-0.4, -0.2) is 18.2 Å². The van der Waals surface area contributed by atoms with Gasteiger partial charge in [0.05, 0.1) is 24.2 Å². The molecule has 1 aromatic carbocycles. The van der Waals surface area contributed by atoms with Gasteiger partial charge < -0.3 is 9.47 Å². The summed E-state index contributed by atoms with van der Waals surface area (Å²) in [4.78, 5) is 12.1. The molecule has 94 valence electrons. The second-order valence-electron chi connectivity index (χ2n) is 5.63. The molecular formula is C15H16O3. The topological polar surface area (TPSA) is 35.5 Å². The molecule has 3 nitrogen and oxygen atoms in total. The highest BCUT2D eigenvalue weighted by atomic mass is 16.6. The van der Waals surface area contributed by atoms with Gasteiger partial charge in [0.2, 0.25) is 0 Å². The van der Waals surface area contributed by atoms with Crippen molar-refractivity contribution in [3.05, 3.63) is 35.4 Å². The van der Waals surface area contributed by atoms with Crippen LogP contribution in [0.5, 0.6) is 0 Å². The van der Waals surface area contributed by atoms with Gasteiger partial charge in [0, 0.05) is 11.8 Å². The molecule has 1 aromatic rings. The highest BCUT2D eigenvalue weighted by molar-refractivity contribution is 5.78. The van der Waals surface area contributed by atoms with Crippen LogP contribution in [0.15, 0.2) is 24.3 Å². The Labute approximate surface area is 106 Å². The fraction of sp³-hybridized carbons (Fsp3) is 0.533. The quantitative estimate of drug-likeness (QED) is 0.749. The lowest BCUT2D eigenvalue weighted by Crippen LogP contribution is -2.30. The maximum absolute atomic E-state index is 12.1. The maximum Gasteiger partial charge on any atom is 0.312 e. The minimum atomic E-state index is -0.129. The van der Waals surface area contributed by atoms with Gasteiger partial charge in [-0.15, -0.1) is 0 Å². The zero-order valence-corrected chi connectivity index (χ0v) is 10.6. The van der Waals surface area contributed by atoms with Crippen LogP contribution in [0.25, 0.3) is 0 Å². The summed E-state index contributed by atoms with van der Waals surface area (Å²) in [6.45, 7) is 4.42. The lowest BCUT2D eigenvalue weighted by molar-refractivity contribution is -0.153. The van der Waals surface area contributed by atoms with Gasteiger partial charge in [-0.25, -0.2) is 0 Å². The average molecular weight is 244 g/mol. The molecular weight excluding hydrogens is 228 g/mol. The first kappa shape index (κ1) is 10.6. The second-order valence-corrected chi connectivity index (χ2v) is 5.63. The third-order valence-corrected chi connectivity index (χ3v) is 4.82. The molecule has 0 unspecified atom stereocenters. The van der Waals surface area contributed by atoms with Crippen LogP contribution in [0, 0.1) is 11.8 Å². The van der Waals surface area contributed by atoms with E-state index < -0.39 is 0 Å². The zero-order chi connectivity index (χ0) is 12.5. The lowest BCUT2D eigenvalue weighted by atomic mass is 9.81. The van der Waals surface area contributed by atoms with E-state index in [-0.39, 0.29) is 23.6 Å². The summed E-state index contributed by atoms with van der Waals surface area (Å²) in [5.74, 6) is 0.507. The van der Waals surface area contributed by atoms with Gasteiger partial charge >= 0.3 is 5.97 Å². The molecule has 2 heterocycles. The number of carbonyl (C=O) groups is 1. The minimum Gasteiger partial charge on any atom is -0.466 e. The van der Waals surface area contributed by atoms with Crippen LogP contribution in [0.2, 0.25) is 0 Å². The summed E-state index contributed by atoms with van der Waals surface area (Å²) in [5, 5.41) is 0. The standard InChI is InChI=1S/C15H16O3/c1-3-17-14(16)10-12-11-8-6-4-5-7-9(8)13(10)18-15(11,12)2/h4-7,10-13H,3H2,1-2H3/t10-,11+,12-,13-,15+/m0/s1. The Hall–Kier alpha value is -1.35. The molecule has 4 bridgehead atoms. The third kappa shape index (κ3) is 1.02. The van der Waals surface area contributed by atoms with Gasteiger partial charge in [0.1, 0.15) is 0 Å². The maximum atomic E-state index is 12.1. The number of esters is 1. The van der Waals surface area contributed by atoms with Crippen molar-refractivity contribution in [1.29, 1.82) is 0 Å². The van der Waals surface area contributed by atoms with E-state index >= 15 is 0 Å². The van der Waals surface area contributed by atoms with E-state index in [1.165, 1.54) is 11.1 Å². The molecule has 2 aliphatic carbocycles. The van der Waals surface area contributed by atoms with Crippen LogP contribution >= 0.6 is 0 Å². The van der Waals surface area contributed by atoms with Crippen molar-refractivity contribution in [3.8, 4) is 0 Å². The molecule has 18 heavy (non-hydrogen) atoms. The Kier molecular flexibility index (Phi) is 1.85. The van der Waals surface area contributed by atoms with Gasteiger partial charge in [-0.2, -0.15) is 0 Å². The summed E-state index contributed by atoms with van der Waals surface area (Å²) in [5.41, 5.74) is 2.43. The summed E-state index contributed by atoms with van der Waals surface area (Å²) in [6.07, 6.45) is -0.0970. The smallest absolute Gasteiger partial charge is 0.312 e. The van der Waals surface area contributed by atoms with Crippen molar-refractivity contribution in [3.63, 3.8) is 0 Å². The van der Waals surface area contributed by atoms with Crippen LogP contribution in [-0.2, 0) is 14.3 Å². The van der Waals surface area contributed by atoms with E-state index in [1.807, 2.05) is 13.0 Å². The molecule has 4 aliphatic rings. The number of benzene rings is 1. The molecule has 1 saturated heterocycles. The van der Waals surface area contributed by atoms with Gasteiger partial charge in [0.25, 0.3) is 0 Å². The van der Waals surface area contributed by atoms with Gasteiger partial charge in [0.15, 0.2) is 0 Å². The summed E-state index contributed by atoms with van der Waals surface area (Å²) in [7, 11) is 0. The first-order chi connectivity index (χ1) is 8.68. The largest absolute Gasteiger partial charge is 0.466 e. The van der Waals surface area contributed by atoms with Gasteiger partial charge in [-0.3, -0.25) is 4.79 Å². The Morgan fingerprint density at radius 1 is 1.39 bits per heavy atom. The molecule has 0 aromatic heterocycles. The van der Waals surface area contributed by atoms with Crippen LogP contribution in [0.4, 0.5) is 0 Å². The van der Waals surface area contributed by atoms with E-state index in [9.17, 15) is 4.79 Å². The van der Waals surface area contributed by atoms with E-state index in [2.05, 4.69) is 25.1 Å². The number of hydrogen-bond donors (Lipinski definition) is 0. The highest BCUT2D eigenvalue weighted by Crippen LogP contribution is 2.76. The monoisotopic (exact) mass is 244 g/mol. The number of carbonyl (C=O) groups excluding carboxylic acids is 1. The number of rotatable bonds is 2. The molecule has 0 radical (unpaired) electrons. The lowest BCUT2D eigenvalue weighted by Gasteiger charge is -2.32. The van der Waals surface area contributed by atoms with Crippen LogP contribution in [0.3, 0.4) is 0 Å². The van der Waals surface area contributed by atoms with E-state index in [1.54, 1.807) is 0 Å². The number of hydrogen-bond acceptors (Lipinski definition) is 3. The molecule has 0 amide bonds. The van der Waals surface area contributed by atoms with Crippen molar-refractivity contribution >= 4 is 5.97 Å². The zero-order valence-electron chi connectivity index (χ0n) is 10.6. The van der Waals surface area contributed by atoms with Crippen molar-refractivity contribution in [2.45, 2.75) is 31.5 Å².